The zero-order valence-corrected chi connectivity index (χ0v) is 9.63. The molecule has 0 aromatic carbocycles. The fourth-order valence-corrected chi connectivity index (χ4v) is 1.17. The molecule has 1 aromatic heterocycles. The van der Waals surface area contributed by atoms with Crippen molar-refractivity contribution in [2.24, 2.45) is 0 Å². The summed E-state index contributed by atoms with van der Waals surface area (Å²) in [6, 6.07) is 1.51. The van der Waals surface area contributed by atoms with Gasteiger partial charge in [0.05, 0.1) is 5.54 Å². The predicted octanol–water partition coefficient (Wildman–Crippen LogP) is 1.79. The van der Waals surface area contributed by atoms with Gasteiger partial charge in [-0.05, 0) is 26.8 Å². The summed E-state index contributed by atoms with van der Waals surface area (Å²) in [6.07, 6.45) is 5.33. The minimum absolute atomic E-state index is 0.0483. The molecule has 1 aromatic rings. The summed E-state index contributed by atoms with van der Waals surface area (Å²) < 4.78 is 5.08. The first kappa shape index (κ1) is 12.3. The van der Waals surface area contributed by atoms with Gasteiger partial charge in [-0.1, -0.05) is 5.92 Å². The molecule has 0 unspecified atom stereocenters. The van der Waals surface area contributed by atoms with Crippen molar-refractivity contribution in [3.8, 4) is 12.3 Å². The second-order valence-electron chi connectivity index (χ2n) is 4.12. The molecule has 0 fully saturated rings. The van der Waals surface area contributed by atoms with E-state index in [1.54, 1.807) is 6.92 Å². The van der Waals surface area contributed by atoms with Crippen LogP contribution >= 0.6 is 0 Å². The number of carboxylic acids is 1. The van der Waals surface area contributed by atoms with E-state index >= 15 is 0 Å². The standard InChI is InChI=1S/C12H15NO3/c1-5-12(3,4)13-7-9-6-10(11(14)15)16-8(9)2/h1,6,13H,7H2,2-4H3,(H,14,15). The maximum absolute atomic E-state index is 10.7. The van der Waals surface area contributed by atoms with Gasteiger partial charge in [0.25, 0.3) is 0 Å². The van der Waals surface area contributed by atoms with Crippen molar-refractivity contribution in [1.29, 1.82) is 0 Å². The first-order valence-electron chi connectivity index (χ1n) is 4.91. The highest BCUT2D eigenvalue weighted by molar-refractivity contribution is 5.84. The highest BCUT2D eigenvalue weighted by Gasteiger charge is 2.16. The van der Waals surface area contributed by atoms with Crippen molar-refractivity contribution in [1.82, 2.24) is 5.32 Å². The molecular formula is C12H15NO3. The average Bonchev–Trinajstić information content (AvgIpc) is 2.57. The number of carboxylic acid groups (broad SMARTS) is 1. The summed E-state index contributed by atoms with van der Waals surface area (Å²) in [5.74, 6) is 2.09. The molecule has 0 saturated carbocycles. The topological polar surface area (TPSA) is 62.5 Å². The summed E-state index contributed by atoms with van der Waals surface area (Å²) in [4.78, 5) is 10.7. The van der Waals surface area contributed by atoms with Crippen molar-refractivity contribution < 1.29 is 14.3 Å². The normalized spacial score (nSPS) is 11.1. The maximum Gasteiger partial charge on any atom is 0.371 e. The van der Waals surface area contributed by atoms with Crippen LogP contribution in [0, 0.1) is 19.3 Å². The van der Waals surface area contributed by atoms with Gasteiger partial charge in [0, 0.05) is 12.1 Å². The Bertz CT molecular complexity index is 438. The van der Waals surface area contributed by atoms with Gasteiger partial charge in [0.1, 0.15) is 5.76 Å². The molecule has 0 bridgehead atoms. The van der Waals surface area contributed by atoms with E-state index in [2.05, 4.69) is 11.2 Å². The number of terminal acetylenes is 1. The second-order valence-corrected chi connectivity index (χ2v) is 4.12. The molecule has 1 heterocycles. The van der Waals surface area contributed by atoms with Gasteiger partial charge in [-0.15, -0.1) is 6.42 Å². The highest BCUT2D eigenvalue weighted by Crippen LogP contribution is 2.15. The third-order valence-electron chi connectivity index (χ3n) is 2.31. The summed E-state index contributed by atoms with van der Waals surface area (Å²) in [5, 5.41) is 11.9. The zero-order valence-electron chi connectivity index (χ0n) is 9.63. The molecule has 0 aliphatic rings. The van der Waals surface area contributed by atoms with Gasteiger partial charge in [-0.25, -0.2) is 4.79 Å². The number of nitrogens with one attached hydrogen (secondary N) is 1. The minimum atomic E-state index is -1.06. The van der Waals surface area contributed by atoms with E-state index in [1.807, 2.05) is 13.8 Å². The summed E-state index contributed by atoms with van der Waals surface area (Å²) in [7, 11) is 0. The van der Waals surface area contributed by atoms with Crippen molar-refractivity contribution >= 4 is 5.97 Å². The number of aryl methyl sites for hydroxylation is 1. The Balaban J connectivity index is 2.76. The lowest BCUT2D eigenvalue weighted by Crippen LogP contribution is -2.36. The first-order valence-corrected chi connectivity index (χ1v) is 4.91. The third kappa shape index (κ3) is 2.88. The Morgan fingerprint density at radius 1 is 1.69 bits per heavy atom. The van der Waals surface area contributed by atoms with Crippen LogP contribution in [0.3, 0.4) is 0 Å². The smallest absolute Gasteiger partial charge is 0.371 e. The molecule has 4 heteroatoms. The van der Waals surface area contributed by atoms with E-state index < -0.39 is 11.5 Å². The van der Waals surface area contributed by atoms with Gasteiger partial charge in [0.15, 0.2) is 0 Å². The molecule has 1 rings (SSSR count). The van der Waals surface area contributed by atoms with Crippen molar-refractivity contribution in [2.45, 2.75) is 32.9 Å². The number of rotatable bonds is 4. The first-order chi connectivity index (χ1) is 7.35. The summed E-state index contributed by atoms with van der Waals surface area (Å²) in [6.45, 7) is 5.97. The Morgan fingerprint density at radius 3 is 2.75 bits per heavy atom. The summed E-state index contributed by atoms with van der Waals surface area (Å²) >= 11 is 0. The van der Waals surface area contributed by atoms with Gasteiger partial charge in [-0.3, -0.25) is 5.32 Å². The van der Waals surface area contributed by atoms with Crippen LogP contribution < -0.4 is 5.32 Å². The molecule has 2 N–H and O–H groups in total. The fourth-order valence-electron chi connectivity index (χ4n) is 1.17. The van der Waals surface area contributed by atoms with Crippen LogP contribution in [0.2, 0.25) is 0 Å². The Hall–Kier alpha value is -1.73. The molecule has 0 atom stereocenters. The monoisotopic (exact) mass is 221 g/mol. The van der Waals surface area contributed by atoms with E-state index in [0.717, 1.165) is 5.56 Å². The van der Waals surface area contributed by atoms with Gasteiger partial charge in [-0.2, -0.15) is 0 Å². The van der Waals surface area contributed by atoms with Crippen molar-refractivity contribution in [3.63, 3.8) is 0 Å². The van der Waals surface area contributed by atoms with E-state index in [1.165, 1.54) is 6.07 Å². The van der Waals surface area contributed by atoms with Crippen molar-refractivity contribution in [3.05, 3.63) is 23.2 Å². The van der Waals surface area contributed by atoms with E-state index in [0.29, 0.717) is 12.3 Å². The highest BCUT2D eigenvalue weighted by atomic mass is 16.4. The lowest BCUT2D eigenvalue weighted by molar-refractivity contribution is 0.0661. The van der Waals surface area contributed by atoms with Crippen LogP contribution in [0.1, 0.15) is 35.7 Å². The quantitative estimate of drug-likeness (QED) is 0.761. The van der Waals surface area contributed by atoms with Crippen LogP contribution in [0.15, 0.2) is 10.5 Å². The Labute approximate surface area is 94.7 Å². The number of carbonyl (C=O) groups is 1. The fraction of sp³-hybridized carbons (Fsp3) is 0.417. The molecule has 4 nitrogen and oxygen atoms in total. The second kappa shape index (κ2) is 4.42. The molecule has 0 aliphatic carbocycles. The number of furan rings is 1. The van der Waals surface area contributed by atoms with Gasteiger partial charge in [0.2, 0.25) is 5.76 Å². The van der Waals surface area contributed by atoms with E-state index in [9.17, 15) is 4.79 Å². The van der Waals surface area contributed by atoms with Gasteiger partial charge >= 0.3 is 5.97 Å². The average molecular weight is 221 g/mol. The molecule has 16 heavy (non-hydrogen) atoms. The van der Waals surface area contributed by atoms with Crippen LogP contribution in [0.5, 0.6) is 0 Å². The molecule has 86 valence electrons. The van der Waals surface area contributed by atoms with Gasteiger partial charge < -0.3 is 9.52 Å². The third-order valence-corrected chi connectivity index (χ3v) is 2.31. The van der Waals surface area contributed by atoms with Crippen LogP contribution in [-0.4, -0.2) is 16.6 Å². The van der Waals surface area contributed by atoms with Crippen LogP contribution in [-0.2, 0) is 6.54 Å². The molecule has 0 radical (unpaired) electrons. The van der Waals surface area contributed by atoms with Crippen LogP contribution in [0.25, 0.3) is 0 Å². The number of aromatic carboxylic acids is 1. The van der Waals surface area contributed by atoms with E-state index in [-0.39, 0.29) is 5.76 Å². The molecule has 0 aliphatic heterocycles. The van der Waals surface area contributed by atoms with Crippen molar-refractivity contribution in [2.75, 3.05) is 0 Å². The molecule has 0 spiro atoms. The number of hydrogen-bond donors (Lipinski definition) is 2. The van der Waals surface area contributed by atoms with Crippen LogP contribution in [0.4, 0.5) is 0 Å². The molecule has 0 amide bonds. The Kier molecular flexibility index (Phi) is 3.41. The summed E-state index contributed by atoms with van der Waals surface area (Å²) in [5.41, 5.74) is 0.383. The Morgan fingerprint density at radius 2 is 2.31 bits per heavy atom. The largest absolute Gasteiger partial charge is 0.475 e. The van der Waals surface area contributed by atoms with E-state index in [4.69, 9.17) is 15.9 Å². The molecular weight excluding hydrogens is 206 g/mol. The minimum Gasteiger partial charge on any atom is -0.475 e. The molecule has 0 saturated heterocycles. The lowest BCUT2D eigenvalue weighted by Gasteiger charge is -2.19. The maximum atomic E-state index is 10.7. The SMILES string of the molecule is C#CC(C)(C)NCc1cc(C(=O)O)oc1C. The lowest BCUT2D eigenvalue weighted by atomic mass is 10.1. The zero-order chi connectivity index (χ0) is 12.3. The number of hydrogen-bond acceptors (Lipinski definition) is 3. The predicted molar refractivity (Wildman–Crippen MR) is 60.2 cm³/mol.